The Bertz CT molecular complexity index is 302. The fourth-order valence-corrected chi connectivity index (χ4v) is 2.57. The minimum atomic E-state index is 0.376. The van der Waals surface area contributed by atoms with Gasteiger partial charge in [-0.25, -0.2) is 0 Å². The molecule has 2 atom stereocenters. The van der Waals surface area contributed by atoms with E-state index in [1.54, 1.807) is 0 Å². The second-order valence-electron chi connectivity index (χ2n) is 4.90. The van der Waals surface area contributed by atoms with E-state index < -0.39 is 0 Å². The van der Waals surface area contributed by atoms with Crippen LogP contribution in [0.4, 0.5) is 0 Å². The molecule has 2 unspecified atom stereocenters. The molecular weight excluding hydrogens is 184 g/mol. The maximum Gasteiger partial charge on any atom is 0.115 e. The topological polar surface area (TPSA) is 20.2 Å². The third-order valence-electron chi connectivity index (χ3n) is 3.62. The average Bonchev–Trinajstić information content (AvgIpc) is 2.44. The van der Waals surface area contributed by atoms with Crippen molar-refractivity contribution in [3.05, 3.63) is 29.8 Å². The summed E-state index contributed by atoms with van der Waals surface area (Å²) < 4.78 is 0. The van der Waals surface area contributed by atoms with Crippen LogP contribution in [0.25, 0.3) is 0 Å². The van der Waals surface area contributed by atoms with E-state index in [2.05, 4.69) is 19.1 Å². The third-order valence-corrected chi connectivity index (χ3v) is 3.62. The van der Waals surface area contributed by atoms with Gasteiger partial charge in [-0.1, -0.05) is 38.3 Å². The Labute approximate surface area is 92.1 Å². The number of phenols is 1. The normalized spacial score (nSPS) is 27.3. The first-order valence-corrected chi connectivity index (χ1v) is 6.04. The van der Waals surface area contributed by atoms with E-state index in [-0.39, 0.29) is 0 Å². The van der Waals surface area contributed by atoms with Gasteiger partial charge in [0.2, 0.25) is 0 Å². The summed E-state index contributed by atoms with van der Waals surface area (Å²) in [5.74, 6) is 1.99. The molecule has 0 radical (unpaired) electrons. The molecule has 15 heavy (non-hydrogen) atoms. The van der Waals surface area contributed by atoms with Gasteiger partial charge in [0.1, 0.15) is 5.75 Å². The molecule has 0 aliphatic heterocycles. The summed E-state index contributed by atoms with van der Waals surface area (Å²) in [5.41, 5.74) is 1.40. The molecule has 1 aromatic rings. The van der Waals surface area contributed by atoms with Crippen LogP contribution in [0.5, 0.6) is 5.75 Å². The zero-order valence-electron chi connectivity index (χ0n) is 9.45. The first kappa shape index (κ1) is 10.5. The molecule has 2 rings (SSSR count). The van der Waals surface area contributed by atoms with E-state index in [0.29, 0.717) is 5.75 Å². The average molecular weight is 204 g/mol. The molecule has 1 N–H and O–H groups in total. The van der Waals surface area contributed by atoms with E-state index in [1.807, 2.05) is 12.1 Å². The van der Waals surface area contributed by atoms with Gasteiger partial charge < -0.3 is 5.11 Å². The second kappa shape index (κ2) is 4.69. The summed E-state index contributed by atoms with van der Waals surface area (Å²) in [4.78, 5) is 0. The highest BCUT2D eigenvalue weighted by Gasteiger charge is 2.17. The fraction of sp³-hybridized carbons (Fsp3) is 0.571. The lowest BCUT2D eigenvalue weighted by atomic mass is 9.91. The van der Waals surface area contributed by atoms with Crippen molar-refractivity contribution in [2.75, 3.05) is 0 Å². The van der Waals surface area contributed by atoms with Crippen LogP contribution in [-0.2, 0) is 0 Å². The standard InChI is InChI=1S/C14H20O/c1-11-3-2-4-12(6-5-11)13-7-9-14(15)10-8-13/h7-12,15H,2-6H2,1H3. The number of aromatic hydroxyl groups is 1. The molecule has 1 nitrogen and oxygen atoms in total. The van der Waals surface area contributed by atoms with Gasteiger partial charge in [0, 0.05) is 0 Å². The van der Waals surface area contributed by atoms with Crippen molar-refractivity contribution < 1.29 is 5.11 Å². The number of rotatable bonds is 1. The van der Waals surface area contributed by atoms with Gasteiger partial charge in [-0.05, 0) is 42.4 Å². The summed E-state index contributed by atoms with van der Waals surface area (Å²) in [7, 11) is 0. The van der Waals surface area contributed by atoms with Crippen molar-refractivity contribution in [1.82, 2.24) is 0 Å². The van der Waals surface area contributed by atoms with Crippen molar-refractivity contribution in [2.24, 2.45) is 5.92 Å². The Kier molecular flexibility index (Phi) is 3.30. The summed E-state index contributed by atoms with van der Waals surface area (Å²) in [6.45, 7) is 2.36. The lowest BCUT2D eigenvalue weighted by molar-refractivity contribution is 0.474. The Morgan fingerprint density at radius 1 is 1.00 bits per heavy atom. The first-order valence-electron chi connectivity index (χ1n) is 6.04. The highest BCUT2D eigenvalue weighted by molar-refractivity contribution is 5.28. The largest absolute Gasteiger partial charge is 0.508 e. The summed E-state index contributed by atoms with van der Waals surface area (Å²) >= 11 is 0. The lowest BCUT2D eigenvalue weighted by Crippen LogP contribution is -1.97. The molecule has 0 amide bonds. The van der Waals surface area contributed by atoms with Crippen LogP contribution < -0.4 is 0 Å². The molecule has 82 valence electrons. The molecule has 1 saturated carbocycles. The van der Waals surface area contributed by atoms with Crippen molar-refractivity contribution in [2.45, 2.75) is 44.9 Å². The molecule has 0 aromatic heterocycles. The minimum Gasteiger partial charge on any atom is -0.508 e. The van der Waals surface area contributed by atoms with Crippen LogP contribution >= 0.6 is 0 Å². The monoisotopic (exact) mass is 204 g/mol. The zero-order valence-corrected chi connectivity index (χ0v) is 9.45. The van der Waals surface area contributed by atoms with Crippen molar-refractivity contribution in [3.8, 4) is 5.75 Å². The van der Waals surface area contributed by atoms with Crippen LogP contribution in [0.1, 0.15) is 50.5 Å². The molecule has 0 bridgehead atoms. The quantitative estimate of drug-likeness (QED) is 0.683. The summed E-state index contributed by atoms with van der Waals surface area (Å²) in [6, 6.07) is 7.78. The predicted octanol–water partition coefficient (Wildman–Crippen LogP) is 4.08. The van der Waals surface area contributed by atoms with E-state index in [0.717, 1.165) is 11.8 Å². The van der Waals surface area contributed by atoms with Crippen molar-refractivity contribution in [1.29, 1.82) is 0 Å². The van der Waals surface area contributed by atoms with Gasteiger partial charge in [0.15, 0.2) is 0 Å². The lowest BCUT2D eigenvalue weighted by Gasteiger charge is -2.14. The van der Waals surface area contributed by atoms with E-state index in [9.17, 15) is 5.11 Å². The minimum absolute atomic E-state index is 0.376. The predicted molar refractivity (Wildman–Crippen MR) is 63.1 cm³/mol. The van der Waals surface area contributed by atoms with Crippen molar-refractivity contribution >= 4 is 0 Å². The van der Waals surface area contributed by atoms with Crippen molar-refractivity contribution in [3.63, 3.8) is 0 Å². The van der Waals surface area contributed by atoms with Gasteiger partial charge in [-0.15, -0.1) is 0 Å². The van der Waals surface area contributed by atoms with Gasteiger partial charge >= 0.3 is 0 Å². The van der Waals surface area contributed by atoms with Crippen LogP contribution in [-0.4, -0.2) is 5.11 Å². The number of hydrogen-bond acceptors (Lipinski definition) is 1. The molecule has 0 spiro atoms. The number of phenolic OH excluding ortho intramolecular Hbond substituents is 1. The van der Waals surface area contributed by atoms with E-state index in [1.165, 1.54) is 37.7 Å². The number of benzene rings is 1. The highest BCUT2D eigenvalue weighted by atomic mass is 16.3. The molecule has 0 heterocycles. The summed E-state index contributed by atoms with van der Waals surface area (Å²) in [6.07, 6.45) is 6.72. The van der Waals surface area contributed by atoms with E-state index in [4.69, 9.17) is 0 Å². The Balaban J connectivity index is 2.06. The Morgan fingerprint density at radius 2 is 1.73 bits per heavy atom. The van der Waals surface area contributed by atoms with Crippen LogP contribution in [0.15, 0.2) is 24.3 Å². The molecule has 1 heteroatoms. The second-order valence-corrected chi connectivity index (χ2v) is 4.90. The number of hydrogen-bond donors (Lipinski definition) is 1. The van der Waals surface area contributed by atoms with E-state index >= 15 is 0 Å². The Hall–Kier alpha value is -0.980. The van der Waals surface area contributed by atoms with Gasteiger partial charge in [-0.3, -0.25) is 0 Å². The molecule has 1 aliphatic rings. The van der Waals surface area contributed by atoms with Crippen LogP contribution in [0, 0.1) is 5.92 Å². The molecule has 0 saturated heterocycles. The fourth-order valence-electron chi connectivity index (χ4n) is 2.57. The highest BCUT2D eigenvalue weighted by Crippen LogP contribution is 2.34. The third kappa shape index (κ3) is 2.74. The first-order chi connectivity index (χ1) is 7.25. The van der Waals surface area contributed by atoms with Gasteiger partial charge in [0.05, 0.1) is 0 Å². The summed E-state index contributed by atoms with van der Waals surface area (Å²) in [5, 5.41) is 9.25. The molecular formula is C14H20O. The van der Waals surface area contributed by atoms with Gasteiger partial charge in [0.25, 0.3) is 0 Å². The smallest absolute Gasteiger partial charge is 0.115 e. The maximum atomic E-state index is 9.25. The molecule has 1 fully saturated rings. The van der Waals surface area contributed by atoms with Crippen LogP contribution in [0.3, 0.4) is 0 Å². The van der Waals surface area contributed by atoms with Gasteiger partial charge in [-0.2, -0.15) is 0 Å². The van der Waals surface area contributed by atoms with Crippen LogP contribution in [0.2, 0.25) is 0 Å². The molecule has 1 aromatic carbocycles. The SMILES string of the molecule is CC1CCCC(c2ccc(O)cc2)CC1. The molecule has 1 aliphatic carbocycles. The Morgan fingerprint density at radius 3 is 2.47 bits per heavy atom. The maximum absolute atomic E-state index is 9.25. The zero-order chi connectivity index (χ0) is 10.7.